The highest BCUT2D eigenvalue weighted by molar-refractivity contribution is 6.09. The fourth-order valence-electron chi connectivity index (χ4n) is 4.36. The minimum Gasteiger partial charge on any atom is -0.504 e. The second kappa shape index (κ2) is 8.26. The molecule has 0 spiro atoms. The van der Waals surface area contributed by atoms with Gasteiger partial charge in [0.1, 0.15) is 5.82 Å². The van der Waals surface area contributed by atoms with Crippen molar-refractivity contribution in [2.24, 2.45) is 5.92 Å². The third kappa shape index (κ3) is 3.91. The zero-order chi connectivity index (χ0) is 22.1. The first kappa shape index (κ1) is 20.7. The lowest BCUT2D eigenvalue weighted by Crippen LogP contribution is -2.37. The van der Waals surface area contributed by atoms with Crippen molar-refractivity contribution in [2.75, 3.05) is 12.4 Å². The van der Waals surface area contributed by atoms with Gasteiger partial charge in [-0.15, -0.1) is 0 Å². The number of benzene rings is 1. The second-order valence-corrected chi connectivity index (χ2v) is 8.03. The molecule has 1 aromatic heterocycles. The number of carbonyl (C=O) groups excluding carboxylic acids is 2. The summed E-state index contributed by atoms with van der Waals surface area (Å²) in [7, 11) is 1.47. The van der Waals surface area contributed by atoms with Gasteiger partial charge in [-0.2, -0.15) is 0 Å². The summed E-state index contributed by atoms with van der Waals surface area (Å²) in [6, 6.07) is 10.2. The molecule has 160 valence electrons. The van der Waals surface area contributed by atoms with Crippen LogP contribution < -0.4 is 15.4 Å². The number of aromatic nitrogens is 1. The van der Waals surface area contributed by atoms with Gasteiger partial charge in [-0.05, 0) is 49.1 Å². The number of hydrogen-bond acceptors (Lipinski definition) is 6. The highest BCUT2D eigenvalue weighted by Crippen LogP contribution is 2.45. The molecule has 2 aliphatic rings. The summed E-state index contributed by atoms with van der Waals surface area (Å²) in [5.41, 5.74) is 3.29. The topological polar surface area (TPSA) is 101 Å². The van der Waals surface area contributed by atoms with Crippen LogP contribution >= 0.6 is 0 Å². The van der Waals surface area contributed by atoms with Gasteiger partial charge in [0.25, 0.3) is 5.91 Å². The largest absolute Gasteiger partial charge is 0.504 e. The SMILES string of the molecule is COc1cc([C@@H]2C(C(=O)Nc3ccccn3)=C(C)NC3=C2C(=O)C[C@H](C)C3)ccc1O. The molecule has 0 bridgehead atoms. The maximum absolute atomic E-state index is 13.4. The molecule has 0 fully saturated rings. The van der Waals surface area contributed by atoms with E-state index in [1.54, 1.807) is 36.5 Å². The maximum Gasteiger partial charge on any atom is 0.255 e. The predicted octanol–water partition coefficient (Wildman–Crippen LogP) is 3.65. The normalized spacial score (nSPS) is 20.8. The van der Waals surface area contributed by atoms with Crippen LogP contribution in [0.25, 0.3) is 0 Å². The van der Waals surface area contributed by atoms with Crippen molar-refractivity contribution in [3.05, 3.63) is 70.7 Å². The zero-order valence-electron chi connectivity index (χ0n) is 17.7. The molecule has 1 aliphatic carbocycles. The summed E-state index contributed by atoms with van der Waals surface area (Å²) in [5, 5.41) is 16.2. The summed E-state index contributed by atoms with van der Waals surface area (Å²) in [6.45, 7) is 3.88. The van der Waals surface area contributed by atoms with E-state index >= 15 is 0 Å². The highest BCUT2D eigenvalue weighted by Gasteiger charge is 2.40. The number of methoxy groups -OCH3 is 1. The van der Waals surface area contributed by atoms with Crippen molar-refractivity contribution in [1.29, 1.82) is 0 Å². The average Bonchev–Trinajstić information content (AvgIpc) is 2.73. The van der Waals surface area contributed by atoms with Gasteiger partial charge in [0.2, 0.25) is 0 Å². The number of rotatable bonds is 4. The van der Waals surface area contributed by atoms with Crippen LogP contribution in [0.4, 0.5) is 5.82 Å². The van der Waals surface area contributed by atoms with Crippen LogP contribution in [-0.2, 0) is 9.59 Å². The lowest BCUT2D eigenvalue weighted by molar-refractivity contribution is -0.117. The molecular formula is C24H25N3O4. The second-order valence-electron chi connectivity index (χ2n) is 8.03. The molecule has 1 aliphatic heterocycles. The molecule has 0 saturated heterocycles. The number of dihydropyridines is 1. The molecule has 7 nitrogen and oxygen atoms in total. The number of ketones is 1. The van der Waals surface area contributed by atoms with Crippen LogP contribution in [-0.4, -0.2) is 28.9 Å². The molecule has 0 unspecified atom stereocenters. The van der Waals surface area contributed by atoms with Crippen molar-refractivity contribution in [2.45, 2.75) is 32.6 Å². The Labute approximate surface area is 180 Å². The number of nitrogens with one attached hydrogen (secondary N) is 2. The smallest absolute Gasteiger partial charge is 0.255 e. The number of aromatic hydroxyl groups is 1. The average molecular weight is 419 g/mol. The van der Waals surface area contributed by atoms with E-state index < -0.39 is 5.92 Å². The van der Waals surface area contributed by atoms with E-state index in [-0.39, 0.29) is 29.1 Å². The van der Waals surface area contributed by atoms with Gasteiger partial charge >= 0.3 is 0 Å². The van der Waals surface area contributed by atoms with Gasteiger partial charge < -0.3 is 20.5 Å². The summed E-state index contributed by atoms with van der Waals surface area (Å²) < 4.78 is 5.28. The quantitative estimate of drug-likeness (QED) is 0.699. The number of allylic oxidation sites excluding steroid dienone is 3. The number of Topliss-reactive ketones (excluding diaryl/α,β-unsaturated/α-hetero) is 1. The Bertz CT molecular complexity index is 1110. The molecule has 2 aromatic rings. The molecule has 1 aromatic carbocycles. The minimum atomic E-state index is -0.575. The molecular weight excluding hydrogens is 394 g/mol. The van der Waals surface area contributed by atoms with Gasteiger partial charge in [0.15, 0.2) is 17.3 Å². The Balaban J connectivity index is 1.83. The van der Waals surface area contributed by atoms with Crippen LogP contribution in [0, 0.1) is 5.92 Å². The van der Waals surface area contributed by atoms with E-state index in [0.29, 0.717) is 34.6 Å². The van der Waals surface area contributed by atoms with Crippen molar-refractivity contribution in [3.63, 3.8) is 0 Å². The molecule has 0 saturated carbocycles. The highest BCUT2D eigenvalue weighted by atomic mass is 16.5. The monoisotopic (exact) mass is 419 g/mol. The van der Waals surface area contributed by atoms with Crippen LogP contribution in [0.2, 0.25) is 0 Å². The predicted molar refractivity (Wildman–Crippen MR) is 117 cm³/mol. The molecule has 2 atom stereocenters. The lowest BCUT2D eigenvalue weighted by Gasteiger charge is -2.36. The van der Waals surface area contributed by atoms with Gasteiger partial charge in [0, 0.05) is 41.1 Å². The van der Waals surface area contributed by atoms with E-state index in [9.17, 15) is 14.7 Å². The van der Waals surface area contributed by atoms with Crippen molar-refractivity contribution in [1.82, 2.24) is 10.3 Å². The van der Waals surface area contributed by atoms with Gasteiger partial charge in [-0.3, -0.25) is 9.59 Å². The number of phenols is 1. The summed E-state index contributed by atoms with van der Waals surface area (Å²) in [4.78, 5) is 30.7. The molecule has 3 N–H and O–H groups in total. The number of carbonyl (C=O) groups is 2. The maximum atomic E-state index is 13.4. The van der Waals surface area contributed by atoms with Crippen LogP contribution in [0.5, 0.6) is 11.5 Å². The van der Waals surface area contributed by atoms with Gasteiger partial charge in [-0.25, -0.2) is 4.98 Å². The molecule has 31 heavy (non-hydrogen) atoms. The van der Waals surface area contributed by atoms with Gasteiger partial charge in [-0.1, -0.05) is 19.1 Å². The summed E-state index contributed by atoms with van der Waals surface area (Å²) >= 11 is 0. The minimum absolute atomic E-state index is 0.00170. The number of hydrogen-bond donors (Lipinski definition) is 3. The number of nitrogens with zero attached hydrogens (tertiary/aromatic N) is 1. The number of phenolic OH excluding ortho intramolecular Hbond substituents is 1. The Kier molecular flexibility index (Phi) is 5.50. The van der Waals surface area contributed by atoms with E-state index in [4.69, 9.17) is 4.74 Å². The Morgan fingerprint density at radius 3 is 2.77 bits per heavy atom. The molecule has 4 rings (SSSR count). The Morgan fingerprint density at radius 2 is 2.06 bits per heavy atom. The first-order chi connectivity index (χ1) is 14.9. The van der Waals surface area contributed by atoms with Crippen LogP contribution in [0.15, 0.2) is 65.1 Å². The fourth-order valence-corrected chi connectivity index (χ4v) is 4.36. The number of ether oxygens (including phenoxy) is 1. The lowest BCUT2D eigenvalue weighted by atomic mass is 9.73. The third-order valence-corrected chi connectivity index (χ3v) is 5.72. The van der Waals surface area contributed by atoms with Crippen LogP contribution in [0.3, 0.4) is 0 Å². The van der Waals surface area contributed by atoms with E-state index in [2.05, 4.69) is 15.6 Å². The standard InChI is InChI=1S/C24H25N3O4/c1-13-10-16-23(18(29)11-13)22(15-7-8-17(28)19(12-15)31-3)21(14(2)26-16)24(30)27-20-6-4-5-9-25-20/h4-9,12-13,22,26,28H,10-11H2,1-3H3,(H,25,27,30)/t13-,22-/m1/s1. The number of anilines is 1. The Morgan fingerprint density at radius 1 is 1.26 bits per heavy atom. The Hall–Kier alpha value is -3.61. The van der Waals surface area contributed by atoms with E-state index in [1.165, 1.54) is 13.2 Å². The number of pyridine rings is 1. The first-order valence-electron chi connectivity index (χ1n) is 10.2. The van der Waals surface area contributed by atoms with Crippen molar-refractivity contribution < 1.29 is 19.4 Å². The number of amides is 1. The van der Waals surface area contributed by atoms with Crippen LogP contribution in [0.1, 0.15) is 38.2 Å². The fraction of sp³-hybridized carbons (Fsp3) is 0.292. The summed E-state index contributed by atoms with van der Waals surface area (Å²) in [5.74, 6) is 0.0564. The van der Waals surface area contributed by atoms with E-state index in [1.807, 2.05) is 13.8 Å². The van der Waals surface area contributed by atoms with Crippen molar-refractivity contribution >= 4 is 17.5 Å². The summed E-state index contributed by atoms with van der Waals surface area (Å²) in [6.07, 6.45) is 2.77. The third-order valence-electron chi connectivity index (χ3n) is 5.72. The molecule has 0 radical (unpaired) electrons. The van der Waals surface area contributed by atoms with Crippen molar-refractivity contribution in [3.8, 4) is 11.5 Å². The zero-order valence-corrected chi connectivity index (χ0v) is 17.7. The molecule has 2 heterocycles. The first-order valence-corrected chi connectivity index (χ1v) is 10.2. The van der Waals surface area contributed by atoms with Gasteiger partial charge in [0.05, 0.1) is 7.11 Å². The molecule has 7 heteroatoms. The molecule has 1 amide bonds. The van der Waals surface area contributed by atoms with E-state index in [0.717, 1.165) is 12.1 Å².